The SMILES string of the molecule is COc1ccc2c(NC3CCCCCC3)nc(N3CCC(N4CCCC4)CC3)nc2c1. The van der Waals surface area contributed by atoms with Gasteiger partial charge in [0.25, 0.3) is 0 Å². The van der Waals surface area contributed by atoms with Crippen LogP contribution in [0.2, 0.25) is 0 Å². The highest BCUT2D eigenvalue weighted by atomic mass is 16.5. The molecule has 1 aromatic heterocycles. The van der Waals surface area contributed by atoms with Crippen LogP contribution in [-0.2, 0) is 0 Å². The standard InChI is InChI=1S/C25H37N5O/c1-31-21-10-11-22-23(18-21)27-25(28-24(22)26-19-8-4-2-3-5-9-19)30-16-12-20(13-17-30)29-14-6-7-15-29/h10-11,18-20H,2-9,12-17H2,1H3,(H,26,27,28). The van der Waals surface area contributed by atoms with Crippen LogP contribution >= 0.6 is 0 Å². The number of fused-ring (bicyclic) bond motifs is 1. The van der Waals surface area contributed by atoms with Crippen molar-refractivity contribution in [2.24, 2.45) is 0 Å². The predicted molar refractivity (Wildman–Crippen MR) is 127 cm³/mol. The van der Waals surface area contributed by atoms with Crippen molar-refractivity contribution in [3.8, 4) is 5.75 Å². The van der Waals surface area contributed by atoms with Crippen molar-refractivity contribution in [3.05, 3.63) is 18.2 Å². The topological polar surface area (TPSA) is 53.5 Å². The molecule has 0 unspecified atom stereocenters. The third-order valence-corrected chi connectivity index (χ3v) is 7.49. The molecule has 3 aliphatic rings. The molecule has 2 aromatic rings. The van der Waals surface area contributed by atoms with E-state index in [1.54, 1.807) is 7.11 Å². The molecule has 1 aromatic carbocycles. The zero-order valence-corrected chi connectivity index (χ0v) is 19.0. The molecule has 168 valence electrons. The molecule has 0 atom stereocenters. The van der Waals surface area contributed by atoms with E-state index in [-0.39, 0.29) is 0 Å². The van der Waals surface area contributed by atoms with Crippen LogP contribution in [0.1, 0.15) is 64.2 Å². The van der Waals surface area contributed by atoms with E-state index in [0.717, 1.165) is 47.5 Å². The predicted octanol–water partition coefficient (Wildman–Crippen LogP) is 4.84. The van der Waals surface area contributed by atoms with Crippen molar-refractivity contribution in [2.75, 3.05) is 43.5 Å². The normalized spacial score (nSPS) is 22.0. The number of anilines is 2. The number of benzene rings is 1. The maximum absolute atomic E-state index is 5.49. The first-order chi connectivity index (χ1) is 15.3. The lowest BCUT2D eigenvalue weighted by Gasteiger charge is -2.36. The number of nitrogens with one attached hydrogen (secondary N) is 1. The molecule has 0 radical (unpaired) electrons. The molecule has 1 saturated carbocycles. The van der Waals surface area contributed by atoms with Gasteiger partial charge in [-0.1, -0.05) is 25.7 Å². The van der Waals surface area contributed by atoms with Gasteiger partial charge in [0.1, 0.15) is 11.6 Å². The molecule has 6 heteroatoms. The van der Waals surface area contributed by atoms with Gasteiger partial charge < -0.3 is 19.9 Å². The molecule has 1 aliphatic carbocycles. The van der Waals surface area contributed by atoms with E-state index in [2.05, 4.69) is 27.2 Å². The Balaban J connectivity index is 1.39. The summed E-state index contributed by atoms with van der Waals surface area (Å²) in [6.45, 7) is 4.65. The van der Waals surface area contributed by atoms with E-state index >= 15 is 0 Å². The molecule has 1 N–H and O–H groups in total. The number of nitrogens with zero attached hydrogens (tertiary/aromatic N) is 4. The van der Waals surface area contributed by atoms with Gasteiger partial charge in [-0.05, 0) is 63.7 Å². The zero-order valence-electron chi connectivity index (χ0n) is 19.0. The molecule has 31 heavy (non-hydrogen) atoms. The number of piperidine rings is 1. The van der Waals surface area contributed by atoms with Crippen molar-refractivity contribution in [3.63, 3.8) is 0 Å². The van der Waals surface area contributed by atoms with Gasteiger partial charge in [-0.25, -0.2) is 4.98 Å². The summed E-state index contributed by atoms with van der Waals surface area (Å²) in [4.78, 5) is 15.1. The fourth-order valence-electron chi connectivity index (χ4n) is 5.63. The van der Waals surface area contributed by atoms with Gasteiger partial charge in [0.15, 0.2) is 0 Å². The van der Waals surface area contributed by atoms with Crippen LogP contribution in [0.25, 0.3) is 10.9 Å². The van der Waals surface area contributed by atoms with E-state index in [0.29, 0.717) is 6.04 Å². The first-order valence-electron chi connectivity index (χ1n) is 12.4. The monoisotopic (exact) mass is 423 g/mol. The minimum atomic E-state index is 0.511. The van der Waals surface area contributed by atoms with Crippen molar-refractivity contribution >= 4 is 22.7 Å². The summed E-state index contributed by atoms with van der Waals surface area (Å²) < 4.78 is 5.49. The lowest BCUT2D eigenvalue weighted by molar-refractivity contribution is 0.207. The lowest BCUT2D eigenvalue weighted by atomic mass is 10.0. The maximum atomic E-state index is 5.49. The summed E-state index contributed by atoms with van der Waals surface area (Å²) in [6.07, 6.45) is 13.0. The second kappa shape index (κ2) is 9.60. The van der Waals surface area contributed by atoms with E-state index in [1.807, 2.05) is 6.07 Å². The third kappa shape index (κ3) is 4.74. The first-order valence-corrected chi connectivity index (χ1v) is 12.4. The van der Waals surface area contributed by atoms with Gasteiger partial charge in [-0.2, -0.15) is 4.98 Å². The van der Waals surface area contributed by atoms with Crippen molar-refractivity contribution in [2.45, 2.75) is 76.3 Å². The number of aromatic nitrogens is 2. The van der Waals surface area contributed by atoms with Gasteiger partial charge >= 0.3 is 0 Å². The van der Waals surface area contributed by atoms with E-state index in [4.69, 9.17) is 14.7 Å². The van der Waals surface area contributed by atoms with Crippen LogP contribution in [0.3, 0.4) is 0 Å². The Kier molecular flexibility index (Phi) is 6.44. The van der Waals surface area contributed by atoms with Crippen LogP contribution < -0.4 is 15.0 Å². The van der Waals surface area contributed by atoms with Gasteiger partial charge in [0.2, 0.25) is 5.95 Å². The Morgan fingerprint density at radius 2 is 1.61 bits per heavy atom. The van der Waals surface area contributed by atoms with Gasteiger partial charge in [0, 0.05) is 36.6 Å². The number of rotatable bonds is 5. The molecular formula is C25H37N5O. The van der Waals surface area contributed by atoms with Gasteiger partial charge in [-0.3, -0.25) is 0 Å². The second-order valence-corrected chi connectivity index (χ2v) is 9.55. The number of methoxy groups -OCH3 is 1. The smallest absolute Gasteiger partial charge is 0.227 e. The molecule has 0 spiro atoms. The Hall–Kier alpha value is -2.08. The Morgan fingerprint density at radius 1 is 0.871 bits per heavy atom. The molecule has 0 amide bonds. The highest BCUT2D eigenvalue weighted by molar-refractivity contribution is 5.91. The number of ether oxygens (including phenoxy) is 1. The van der Waals surface area contributed by atoms with Crippen LogP contribution in [0.5, 0.6) is 5.75 Å². The molecule has 3 heterocycles. The average Bonchev–Trinajstić information content (AvgIpc) is 3.24. The summed E-state index contributed by atoms with van der Waals surface area (Å²) in [5.74, 6) is 2.72. The lowest BCUT2D eigenvalue weighted by Crippen LogP contribution is -2.44. The molecule has 6 nitrogen and oxygen atoms in total. The fourth-order valence-corrected chi connectivity index (χ4v) is 5.63. The van der Waals surface area contributed by atoms with Gasteiger partial charge in [-0.15, -0.1) is 0 Å². The zero-order chi connectivity index (χ0) is 21.0. The highest BCUT2D eigenvalue weighted by Crippen LogP contribution is 2.31. The minimum Gasteiger partial charge on any atom is -0.497 e. The largest absolute Gasteiger partial charge is 0.497 e. The quantitative estimate of drug-likeness (QED) is 0.695. The summed E-state index contributed by atoms with van der Waals surface area (Å²) in [6, 6.07) is 7.43. The van der Waals surface area contributed by atoms with Crippen LogP contribution in [0, 0.1) is 0 Å². The summed E-state index contributed by atoms with van der Waals surface area (Å²) in [5.41, 5.74) is 0.974. The molecule has 2 aliphatic heterocycles. The maximum Gasteiger partial charge on any atom is 0.227 e. The molecular weight excluding hydrogens is 386 g/mol. The average molecular weight is 424 g/mol. The third-order valence-electron chi connectivity index (χ3n) is 7.49. The van der Waals surface area contributed by atoms with Crippen molar-refractivity contribution < 1.29 is 4.74 Å². The summed E-state index contributed by atoms with van der Waals surface area (Å²) >= 11 is 0. The van der Waals surface area contributed by atoms with Gasteiger partial charge in [0.05, 0.1) is 12.6 Å². The first kappa shape index (κ1) is 20.8. The van der Waals surface area contributed by atoms with Crippen LogP contribution in [0.4, 0.5) is 11.8 Å². The van der Waals surface area contributed by atoms with Crippen molar-refractivity contribution in [1.82, 2.24) is 14.9 Å². The summed E-state index contributed by atoms with van der Waals surface area (Å²) in [7, 11) is 1.72. The van der Waals surface area contributed by atoms with E-state index in [1.165, 1.54) is 77.3 Å². The highest BCUT2D eigenvalue weighted by Gasteiger charge is 2.28. The number of likely N-dealkylation sites (tertiary alicyclic amines) is 1. The Labute approximate surface area is 186 Å². The second-order valence-electron chi connectivity index (χ2n) is 9.55. The van der Waals surface area contributed by atoms with E-state index in [9.17, 15) is 0 Å². The molecule has 3 fully saturated rings. The summed E-state index contributed by atoms with van der Waals surface area (Å²) in [5, 5.41) is 4.91. The van der Waals surface area contributed by atoms with Crippen LogP contribution in [0.15, 0.2) is 18.2 Å². The number of hydrogen-bond donors (Lipinski definition) is 1. The van der Waals surface area contributed by atoms with Crippen molar-refractivity contribution in [1.29, 1.82) is 0 Å². The fraction of sp³-hybridized carbons (Fsp3) is 0.680. The minimum absolute atomic E-state index is 0.511. The number of hydrogen-bond acceptors (Lipinski definition) is 6. The Bertz CT molecular complexity index is 866. The Morgan fingerprint density at radius 3 is 2.32 bits per heavy atom. The molecule has 2 saturated heterocycles. The van der Waals surface area contributed by atoms with Crippen LogP contribution in [-0.4, -0.2) is 60.2 Å². The van der Waals surface area contributed by atoms with E-state index < -0.39 is 0 Å². The molecule has 5 rings (SSSR count). The molecule has 0 bridgehead atoms.